The van der Waals surface area contributed by atoms with Crippen LogP contribution in [0.2, 0.25) is 0 Å². The third kappa shape index (κ3) is 4.81. The van der Waals surface area contributed by atoms with E-state index in [4.69, 9.17) is 4.74 Å². The fourth-order valence-corrected chi connectivity index (χ4v) is 3.10. The molecule has 1 aromatic rings. The molecule has 0 unspecified atom stereocenters. The highest BCUT2D eigenvalue weighted by Gasteiger charge is 2.36. The molecule has 1 N–H and O–H groups in total. The molecule has 0 radical (unpaired) electrons. The molecule has 1 heterocycles. The van der Waals surface area contributed by atoms with E-state index in [0.29, 0.717) is 31.6 Å². The average molecular weight is 344 g/mol. The van der Waals surface area contributed by atoms with Gasteiger partial charge in [-0.1, -0.05) is 12.1 Å². The zero-order chi connectivity index (χ0) is 17.8. The number of amides is 2. The molecule has 134 valence electrons. The van der Waals surface area contributed by atoms with Crippen LogP contribution in [0.4, 0.5) is 5.69 Å². The minimum absolute atomic E-state index is 0.217. The van der Waals surface area contributed by atoms with Crippen LogP contribution in [0, 0.1) is 18.8 Å². The molecular formula is C19H24N2O4. The molecule has 25 heavy (non-hydrogen) atoms. The van der Waals surface area contributed by atoms with Gasteiger partial charge in [-0.3, -0.25) is 14.4 Å². The number of nitrogens with one attached hydrogen (secondary N) is 1. The van der Waals surface area contributed by atoms with Crippen LogP contribution in [0.15, 0.2) is 24.3 Å². The molecule has 0 atom stereocenters. The molecule has 3 rings (SSSR count). The molecule has 2 fully saturated rings. The molecule has 0 bridgehead atoms. The zero-order valence-corrected chi connectivity index (χ0v) is 14.5. The SMILES string of the molecule is Cc1cccc(NC(=O)COC(=O)C2CCN(C(=O)C3CC3)CC2)c1. The Bertz CT molecular complexity index is 661. The highest BCUT2D eigenvalue weighted by Crippen LogP contribution is 2.32. The topological polar surface area (TPSA) is 75.7 Å². The minimum Gasteiger partial charge on any atom is -0.455 e. The third-order valence-corrected chi connectivity index (χ3v) is 4.71. The number of esters is 1. The maximum atomic E-state index is 12.1. The summed E-state index contributed by atoms with van der Waals surface area (Å²) >= 11 is 0. The molecule has 2 aliphatic rings. The van der Waals surface area contributed by atoms with E-state index in [1.807, 2.05) is 30.0 Å². The van der Waals surface area contributed by atoms with Crippen LogP contribution in [0.25, 0.3) is 0 Å². The second-order valence-electron chi connectivity index (χ2n) is 6.90. The van der Waals surface area contributed by atoms with Crippen molar-refractivity contribution in [1.29, 1.82) is 0 Å². The normalized spacial score (nSPS) is 17.9. The van der Waals surface area contributed by atoms with Crippen molar-refractivity contribution in [3.63, 3.8) is 0 Å². The number of ether oxygens (including phenoxy) is 1. The lowest BCUT2D eigenvalue weighted by atomic mass is 9.97. The van der Waals surface area contributed by atoms with Gasteiger partial charge in [0.05, 0.1) is 5.92 Å². The van der Waals surface area contributed by atoms with E-state index in [9.17, 15) is 14.4 Å². The van der Waals surface area contributed by atoms with E-state index in [-0.39, 0.29) is 36.2 Å². The van der Waals surface area contributed by atoms with Gasteiger partial charge in [0.1, 0.15) is 0 Å². The second kappa shape index (κ2) is 7.68. The molecule has 0 aromatic heterocycles. The first-order valence-corrected chi connectivity index (χ1v) is 8.85. The first kappa shape index (κ1) is 17.5. The number of aryl methyl sites for hydroxylation is 1. The summed E-state index contributed by atoms with van der Waals surface area (Å²) in [5.74, 6) is -0.480. The van der Waals surface area contributed by atoms with Crippen LogP contribution >= 0.6 is 0 Å². The summed E-state index contributed by atoms with van der Waals surface area (Å²) in [6, 6.07) is 7.44. The third-order valence-electron chi connectivity index (χ3n) is 4.71. The number of piperidine rings is 1. The van der Waals surface area contributed by atoms with Crippen LogP contribution in [-0.2, 0) is 19.1 Å². The Hall–Kier alpha value is -2.37. The van der Waals surface area contributed by atoms with Crippen LogP contribution in [0.5, 0.6) is 0 Å². The Labute approximate surface area is 147 Å². The van der Waals surface area contributed by atoms with E-state index in [2.05, 4.69) is 5.32 Å². The number of anilines is 1. The highest BCUT2D eigenvalue weighted by molar-refractivity contribution is 5.93. The van der Waals surface area contributed by atoms with Crippen LogP contribution < -0.4 is 5.32 Å². The lowest BCUT2D eigenvalue weighted by molar-refractivity contribution is -0.154. The van der Waals surface area contributed by atoms with Gasteiger partial charge in [0.25, 0.3) is 5.91 Å². The minimum atomic E-state index is -0.349. The number of carbonyl (C=O) groups excluding carboxylic acids is 3. The summed E-state index contributed by atoms with van der Waals surface area (Å²) in [5, 5.41) is 2.71. The van der Waals surface area contributed by atoms with Crippen molar-refractivity contribution in [1.82, 2.24) is 4.90 Å². The fourth-order valence-electron chi connectivity index (χ4n) is 3.10. The van der Waals surface area contributed by atoms with Gasteiger partial charge in [0.2, 0.25) is 5.91 Å². The summed E-state index contributed by atoms with van der Waals surface area (Å²) in [4.78, 5) is 37.9. The maximum absolute atomic E-state index is 12.1. The summed E-state index contributed by atoms with van der Waals surface area (Å²) in [6.07, 6.45) is 3.21. The van der Waals surface area contributed by atoms with Gasteiger partial charge in [0, 0.05) is 24.7 Å². The molecule has 2 amide bonds. The number of hydrogen-bond donors (Lipinski definition) is 1. The monoisotopic (exact) mass is 344 g/mol. The Balaban J connectivity index is 1.39. The molecule has 6 heteroatoms. The van der Waals surface area contributed by atoms with Crippen molar-refractivity contribution in [3.05, 3.63) is 29.8 Å². The number of rotatable bonds is 5. The Morgan fingerprint density at radius 1 is 1.12 bits per heavy atom. The van der Waals surface area contributed by atoms with Crippen molar-refractivity contribution in [2.24, 2.45) is 11.8 Å². The molecule has 1 aliphatic heterocycles. The Morgan fingerprint density at radius 3 is 2.48 bits per heavy atom. The predicted molar refractivity (Wildman–Crippen MR) is 92.8 cm³/mol. The van der Waals surface area contributed by atoms with Crippen LogP contribution in [-0.4, -0.2) is 42.4 Å². The van der Waals surface area contributed by atoms with Gasteiger partial charge in [-0.15, -0.1) is 0 Å². The average Bonchev–Trinajstić information content (AvgIpc) is 3.44. The second-order valence-corrected chi connectivity index (χ2v) is 6.90. The lowest BCUT2D eigenvalue weighted by Crippen LogP contribution is -2.41. The molecule has 1 aliphatic carbocycles. The number of nitrogens with zero attached hydrogens (tertiary/aromatic N) is 1. The van der Waals surface area contributed by atoms with E-state index >= 15 is 0 Å². The van der Waals surface area contributed by atoms with Crippen molar-refractivity contribution in [2.75, 3.05) is 25.0 Å². The number of hydrogen-bond acceptors (Lipinski definition) is 4. The lowest BCUT2D eigenvalue weighted by Gasteiger charge is -2.31. The quantitative estimate of drug-likeness (QED) is 0.830. The van der Waals surface area contributed by atoms with Gasteiger partial charge in [-0.25, -0.2) is 0 Å². The molecule has 1 saturated heterocycles. The predicted octanol–water partition coefficient (Wildman–Crippen LogP) is 2.13. The summed E-state index contributed by atoms with van der Waals surface area (Å²) < 4.78 is 5.15. The number of likely N-dealkylation sites (tertiary alicyclic amines) is 1. The van der Waals surface area contributed by atoms with Gasteiger partial charge < -0.3 is 15.0 Å². The highest BCUT2D eigenvalue weighted by atomic mass is 16.5. The summed E-state index contributed by atoms with van der Waals surface area (Å²) in [6.45, 7) is 2.86. The van der Waals surface area contributed by atoms with Crippen molar-refractivity contribution >= 4 is 23.5 Å². The first-order valence-electron chi connectivity index (χ1n) is 8.85. The van der Waals surface area contributed by atoms with Crippen molar-refractivity contribution < 1.29 is 19.1 Å². The Kier molecular flexibility index (Phi) is 5.36. The maximum Gasteiger partial charge on any atom is 0.309 e. The van der Waals surface area contributed by atoms with Gasteiger partial charge in [0.15, 0.2) is 6.61 Å². The molecule has 1 aromatic carbocycles. The van der Waals surface area contributed by atoms with E-state index in [1.54, 1.807) is 6.07 Å². The summed E-state index contributed by atoms with van der Waals surface area (Å²) in [5.41, 5.74) is 1.73. The van der Waals surface area contributed by atoms with Gasteiger partial charge in [-0.05, 0) is 50.3 Å². The molecule has 6 nitrogen and oxygen atoms in total. The van der Waals surface area contributed by atoms with E-state index < -0.39 is 0 Å². The van der Waals surface area contributed by atoms with Crippen molar-refractivity contribution in [3.8, 4) is 0 Å². The van der Waals surface area contributed by atoms with E-state index in [0.717, 1.165) is 18.4 Å². The van der Waals surface area contributed by atoms with E-state index in [1.165, 1.54) is 0 Å². The van der Waals surface area contributed by atoms with Gasteiger partial charge >= 0.3 is 5.97 Å². The number of carbonyl (C=O) groups is 3. The standard InChI is InChI=1S/C19H24N2O4/c1-13-3-2-4-16(11-13)20-17(22)12-25-19(24)15-7-9-21(10-8-15)18(23)14-5-6-14/h2-4,11,14-15H,5-10,12H2,1H3,(H,20,22). The van der Waals surface area contributed by atoms with Crippen LogP contribution in [0.3, 0.4) is 0 Å². The smallest absolute Gasteiger partial charge is 0.309 e. The fraction of sp³-hybridized carbons (Fsp3) is 0.526. The molecule has 1 saturated carbocycles. The first-order chi connectivity index (χ1) is 12.0. The Morgan fingerprint density at radius 2 is 1.84 bits per heavy atom. The summed E-state index contributed by atoms with van der Waals surface area (Å²) in [7, 11) is 0. The van der Waals surface area contributed by atoms with Gasteiger partial charge in [-0.2, -0.15) is 0 Å². The molecular weight excluding hydrogens is 320 g/mol. The number of benzene rings is 1. The largest absolute Gasteiger partial charge is 0.455 e. The van der Waals surface area contributed by atoms with Crippen molar-refractivity contribution in [2.45, 2.75) is 32.6 Å². The van der Waals surface area contributed by atoms with Crippen LogP contribution in [0.1, 0.15) is 31.2 Å². The molecule has 0 spiro atoms. The zero-order valence-electron chi connectivity index (χ0n) is 14.5.